The van der Waals surface area contributed by atoms with Crippen LogP contribution in [0.25, 0.3) is 0 Å². The number of benzene rings is 1. The Balaban J connectivity index is 2.33. The molecule has 3 N–H and O–H groups in total. The first-order chi connectivity index (χ1) is 9.02. The summed E-state index contributed by atoms with van der Waals surface area (Å²) in [6.07, 6.45) is 0.645. The maximum Gasteiger partial charge on any atom is 0.325 e. The van der Waals surface area contributed by atoms with Crippen LogP contribution in [0.15, 0.2) is 24.3 Å². The highest BCUT2D eigenvalue weighted by molar-refractivity contribution is 5.82. The van der Waals surface area contributed by atoms with Gasteiger partial charge in [-0.1, -0.05) is 12.1 Å². The highest BCUT2D eigenvalue weighted by Gasteiger charge is 2.12. The van der Waals surface area contributed by atoms with Crippen molar-refractivity contribution in [2.75, 3.05) is 13.7 Å². The molecule has 104 valence electrons. The average molecular weight is 266 g/mol. The fourth-order valence-corrected chi connectivity index (χ4v) is 1.46. The molecule has 0 spiro atoms. The summed E-state index contributed by atoms with van der Waals surface area (Å²) in [6.45, 7) is 1.83. The van der Waals surface area contributed by atoms with Gasteiger partial charge in [0.2, 0.25) is 0 Å². The van der Waals surface area contributed by atoms with Crippen LogP contribution < -0.4 is 15.4 Å². The van der Waals surface area contributed by atoms with Gasteiger partial charge in [-0.15, -0.1) is 0 Å². The molecule has 0 saturated heterocycles. The maximum atomic E-state index is 11.4. The first-order valence-electron chi connectivity index (χ1n) is 5.93. The zero-order valence-corrected chi connectivity index (χ0v) is 11.0. The second kappa shape index (κ2) is 7.25. The Kier molecular flexibility index (Phi) is 5.66. The molecule has 0 fully saturated rings. The topological polar surface area (TPSA) is 87.7 Å². The molecule has 1 aromatic rings. The minimum atomic E-state index is -1.07. The quantitative estimate of drug-likeness (QED) is 0.717. The van der Waals surface area contributed by atoms with Crippen molar-refractivity contribution in [2.45, 2.75) is 19.4 Å². The number of ether oxygens (including phenoxy) is 1. The largest absolute Gasteiger partial charge is 0.497 e. The summed E-state index contributed by atoms with van der Waals surface area (Å²) in [6, 6.07) is 6.15. The van der Waals surface area contributed by atoms with Crippen LogP contribution in [0.1, 0.15) is 12.5 Å². The highest BCUT2D eigenvalue weighted by Crippen LogP contribution is 2.12. The number of carbonyl (C=O) groups excluding carboxylic acids is 1. The molecule has 2 amide bonds. The fraction of sp³-hybridized carbons (Fsp3) is 0.385. The van der Waals surface area contributed by atoms with Crippen molar-refractivity contribution < 1.29 is 19.4 Å². The van der Waals surface area contributed by atoms with Crippen LogP contribution in [0.3, 0.4) is 0 Å². The third kappa shape index (κ3) is 5.29. The van der Waals surface area contributed by atoms with E-state index < -0.39 is 18.0 Å². The van der Waals surface area contributed by atoms with E-state index in [-0.39, 0.29) is 0 Å². The normalized spacial score (nSPS) is 11.5. The minimum Gasteiger partial charge on any atom is -0.497 e. The molecule has 1 unspecified atom stereocenters. The zero-order valence-electron chi connectivity index (χ0n) is 11.0. The van der Waals surface area contributed by atoms with E-state index in [2.05, 4.69) is 10.6 Å². The molecular formula is C13H18N2O4. The first kappa shape index (κ1) is 14.8. The Morgan fingerprint density at radius 1 is 1.42 bits per heavy atom. The van der Waals surface area contributed by atoms with Crippen molar-refractivity contribution in [2.24, 2.45) is 0 Å². The highest BCUT2D eigenvalue weighted by atomic mass is 16.5. The predicted octanol–water partition coefficient (Wildman–Crippen LogP) is 1.01. The van der Waals surface area contributed by atoms with Crippen LogP contribution in [0.5, 0.6) is 5.75 Å². The van der Waals surface area contributed by atoms with Crippen molar-refractivity contribution in [3.05, 3.63) is 29.8 Å². The number of urea groups is 1. The van der Waals surface area contributed by atoms with Gasteiger partial charge in [-0.3, -0.25) is 4.79 Å². The number of methoxy groups -OCH3 is 1. The Labute approximate surface area is 111 Å². The van der Waals surface area contributed by atoms with E-state index in [1.165, 1.54) is 6.92 Å². The number of hydrogen-bond donors (Lipinski definition) is 3. The molecule has 0 aliphatic carbocycles. The van der Waals surface area contributed by atoms with Crippen molar-refractivity contribution in [1.29, 1.82) is 0 Å². The maximum absolute atomic E-state index is 11.4. The van der Waals surface area contributed by atoms with Crippen molar-refractivity contribution in [3.8, 4) is 5.75 Å². The minimum absolute atomic E-state index is 0.422. The number of hydrogen-bond acceptors (Lipinski definition) is 3. The number of nitrogens with one attached hydrogen (secondary N) is 2. The van der Waals surface area contributed by atoms with Crippen molar-refractivity contribution in [3.63, 3.8) is 0 Å². The summed E-state index contributed by atoms with van der Waals surface area (Å²) >= 11 is 0. The van der Waals surface area contributed by atoms with Crippen LogP contribution in [0.4, 0.5) is 4.79 Å². The van der Waals surface area contributed by atoms with Crippen LogP contribution >= 0.6 is 0 Å². The van der Waals surface area contributed by atoms with Gasteiger partial charge >= 0.3 is 12.0 Å². The third-order valence-corrected chi connectivity index (χ3v) is 2.55. The summed E-state index contributed by atoms with van der Waals surface area (Å²) in [7, 11) is 1.60. The van der Waals surface area contributed by atoms with E-state index in [9.17, 15) is 9.59 Å². The molecule has 1 atom stereocenters. The Morgan fingerprint density at radius 2 is 2.16 bits per heavy atom. The zero-order chi connectivity index (χ0) is 14.3. The second-order valence-corrected chi connectivity index (χ2v) is 4.06. The number of carboxylic acids is 1. The van der Waals surface area contributed by atoms with Crippen LogP contribution in [-0.4, -0.2) is 36.8 Å². The average Bonchev–Trinajstić information content (AvgIpc) is 2.38. The van der Waals surface area contributed by atoms with E-state index >= 15 is 0 Å². The molecule has 0 aromatic heterocycles. The standard InChI is InChI=1S/C13H18N2O4/c1-9(12(16)17)15-13(18)14-7-6-10-4-3-5-11(8-10)19-2/h3-5,8-9H,6-7H2,1-2H3,(H,16,17)(H2,14,15,18). The van der Waals surface area contributed by atoms with Gasteiger partial charge in [0.1, 0.15) is 11.8 Å². The monoisotopic (exact) mass is 266 g/mol. The van der Waals surface area contributed by atoms with Gasteiger partial charge in [0.05, 0.1) is 7.11 Å². The lowest BCUT2D eigenvalue weighted by Crippen LogP contribution is -2.44. The van der Waals surface area contributed by atoms with E-state index in [1.54, 1.807) is 7.11 Å². The number of amides is 2. The molecule has 0 aliphatic rings. The molecule has 0 aliphatic heterocycles. The van der Waals surface area contributed by atoms with Crippen molar-refractivity contribution >= 4 is 12.0 Å². The number of aliphatic carboxylic acids is 1. The van der Waals surface area contributed by atoms with Crippen LogP contribution in [0, 0.1) is 0 Å². The van der Waals surface area contributed by atoms with E-state index in [0.717, 1.165) is 11.3 Å². The van der Waals surface area contributed by atoms with E-state index in [1.807, 2.05) is 24.3 Å². The summed E-state index contributed by atoms with van der Waals surface area (Å²) < 4.78 is 5.10. The lowest BCUT2D eigenvalue weighted by molar-refractivity contribution is -0.138. The van der Waals surface area contributed by atoms with E-state index in [0.29, 0.717) is 13.0 Å². The SMILES string of the molecule is COc1cccc(CCNC(=O)NC(C)C(=O)O)c1. The smallest absolute Gasteiger partial charge is 0.325 e. The number of carboxylic acid groups (broad SMARTS) is 1. The second-order valence-electron chi connectivity index (χ2n) is 4.06. The lowest BCUT2D eigenvalue weighted by atomic mass is 10.1. The van der Waals surface area contributed by atoms with Crippen molar-refractivity contribution in [1.82, 2.24) is 10.6 Å². The molecule has 0 radical (unpaired) electrons. The third-order valence-electron chi connectivity index (χ3n) is 2.55. The number of carbonyl (C=O) groups is 2. The Hall–Kier alpha value is -2.24. The van der Waals surface area contributed by atoms with Gasteiger partial charge in [0.15, 0.2) is 0 Å². The fourth-order valence-electron chi connectivity index (χ4n) is 1.46. The molecule has 0 bridgehead atoms. The van der Waals surface area contributed by atoms with E-state index in [4.69, 9.17) is 9.84 Å². The Morgan fingerprint density at radius 3 is 2.79 bits per heavy atom. The molecule has 1 aromatic carbocycles. The summed E-state index contributed by atoms with van der Waals surface area (Å²) in [4.78, 5) is 21.9. The molecule has 6 nitrogen and oxygen atoms in total. The Bertz CT molecular complexity index is 448. The summed E-state index contributed by atoms with van der Waals surface area (Å²) in [5, 5.41) is 13.5. The lowest BCUT2D eigenvalue weighted by Gasteiger charge is -2.10. The first-order valence-corrected chi connectivity index (χ1v) is 5.93. The predicted molar refractivity (Wildman–Crippen MR) is 70.3 cm³/mol. The van der Waals surface area contributed by atoms with Gasteiger partial charge in [-0.05, 0) is 31.0 Å². The summed E-state index contributed by atoms with van der Waals surface area (Å²) in [5.41, 5.74) is 1.03. The number of rotatable bonds is 6. The molecule has 6 heteroatoms. The summed E-state index contributed by atoms with van der Waals surface area (Å²) in [5.74, 6) is -0.301. The molecule has 1 rings (SSSR count). The van der Waals surface area contributed by atoms with Gasteiger partial charge in [0, 0.05) is 6.54 Å². The van der Waals surface area contributed by atoms with Crippen LogP contribution in [-0.2, 0) is 11.2 Å². The van der Waals surface area contributed by atoms with Gasteiger partial charge in [-0.25, -0.2) is 4.79 Å². The van der Waals surface area contributed by atoms with Gasteiger partial charge in [-0.2, -0.15) is 0 Å². The molecule has 19 heavy (non-hydrogen) atoms. The molecule has 0 saturated carbocycles. The molecule has 0 heterocycles. The van der Waals surface area contributed by atoms with Gasteiger partial charge in [0.25, 0.3) is 0 Å². The van der Waals surface area contributed by atoms with Gasteiger partial charge < -0.3 is 20.5 Å². The molecular weight excluding hydrogens is 248 g/mol. The van der Waals surface area contributed by atoms with Crippen LogP contribution in [0.2, 0.25) is 0 Å².